The van der Waals surface area contributed by atoms with Crippen molar-refractivity contribution in [3.05, 3.63) is 12.7 Å². The van der Waals surface area contributed by atoms with E-state index in [4.69, 9.17) is 0 Å². The highest BCUT2D eigenvalue weighted by atomic mass is 128. The average Bonchev–Trinajstić information content (AvgIpc) is 1.91. The zero-order valence-electron chi connectivity index (χ0n) is 4.36. The Morgan fingerprint density at radius 1 is 1.75 bits per heavy atom. The minimum absolute atomic E-state index is 0.394. The lowest BCUT2D eigenvalue weighted by atomic mass is 10.7. The van der Waals surface area contributed by atoms with E-state index < -0.39 is 5.97 Å². The quantitative estimate of drug-likeness (QED) is 0.415. The van der Waals surface area contributed by atoms with Gasteiger partial charge in [-0.25, -0.2) is 4.79 Å². The molecule has 0 N–H and O–H groups in total. The number of hydrogen-bond donors (Lipinski definition) is 0. The molecule has 0 aliphatic rings. The first kappa shape index (κ1) is 11.5. The number of ether oxygens (including phenoxy) is 1. The fraction of sp³-hybridized carbons (Fsp3) is 0.250. The summed E-state index contributed by atoms with van der Waals surface area (Å²) in [6, 6.07) is 0. The summed E-state index contributed by atoms with van der Waals surface area (Å²) in [5.74, 6) is -0.394. The van der Waals surface area contributed by atoms with Crippen LogP contribution in [0, 0.1) is 0 Å². The normalized spacial score (nSPS) is 5.88. The van der Waals surface area contributed by atoms with E-state index in [9.17, 15) is 4.79 Å². The molecule has 0 saturated heterocycles. The van der Waals surface area contributed by atoms with Crippen LogP contribution in [0.2, 0.25) is 0 Å². The van der Waals surface area contributed by atoms with Crippen molar-refractivity contribution in [3.63, 3.8) is 0 Å². The van der Waals surface area contributed by atoms with Gasteiger partial charge in [-0.05, 0) is 0 Å². The first-order valence-corrected chi connectivity index (χ1v) is 7.94. The number of carbonyl (C=O) groups excluding carboxylic acids is 1. The van der Waals surface area contributed by atoms with Gasteiger partial charge in [0.2, 0.25) is 0 Å². The number of hydrogen-bond acceptors (Lipinski definition) is 2. The molecule has 0 spiro atoms. The van der Waals surface area contributed by atoms with E-state index in [-0.39, 0.29) is 0 Å². The fourth-order valence-electron chi connectivity index (χ4n) is 0.0833. The van der Waals surface area contributed by atoms with Crippen LogP contribution in [-0.4, -0.2) is 13.1 Å². The van der Waals surface area contributed by atoms with Gasteiger partial charge in [-0.15, -0.1) is 0 Å². The topological polar surface area (TPSA) is 26.3 Å². The molecule has 0 fully saturated rings. The Balaban J connectivity index is 0. The molecule has 2 nitrogen and oxygen atoms in total. The zero-order chi connectivity index (χ0) is 6.99. The summed E-state index contributed by atoms with van der Waals surface area (Å²) in [5, 5.41) is 0. The molecule has 0 aliphatic carbocycles. The second-order valence-corrected chi connectivity index (χ2v) is 0.727. The highest BCUT2D eigenvalue weighted by molar-refractivity contribution is 15.0. The van der Waals surface area contributed by atoms with Gasteiger partial charge < -0.3 is 4.74 Å². The molecule has 0 aromatic heterocycles. The molecule has 0 aliphatic heterocycles. The van der Waals surface area contributed by atoms with Gasteiger partial charge in [0.1, 0.15) is 0 Å². The Hall–Kier alpha value is 0.670. The second kappa shape index (κ2) is 10.6. The van der Waals surface area contributed by atoms with Gasteiger partial charge in [0.25, 0.3) is 0 Å². The van der Waals surface area contributed by atoms with Crippen molar-refractivity contribution in [2.45, 2.75) is 0 Å². The van der Waals surface area contributed by atoms with Crippen LogP contribution in [0.4, 0.5) is 0 Å². The Kier molecular flexibility index (Phi) is 15.2. The molecule has 8 heavy (non-hydrogen) atoms. The largest absolute Gasteiger partial charge is 0.466 e. The molecule has 0 aromatic carbocycles. The second-order valence-electron chi connectivity index (χ2n) is 0.727. The molecule has 0 amide bonds. The smallest absolute Gasteiger partial charge is 0.329 e. The fourth-order valence-corrected chi connectivity index (χ4v) is 0.0833. The minimum Gasteiger partial charge on any atom is -0.466 e. The standard InChI is InChI=1S/C4H6O2.I2/c1-3-4(5)6-2;1-2/h3H,1H2,2H3;. The summed E-state index contributed by atoms with van der Waals surface area (Å²) in [5.41, 5.74) is 0. The summed E-state index contributed by atoms with van der Waals surface area (Å²) < 4.78 is 4.14. The lowest BCUT2D eigenvalue weighted by Gasteiger charge is -1.83. The maximum atomic E-state index is 9.84. The third kappa shape index (κ3) is 9.83. The highest BCUT2D eigenvalue weighted by Gasteiger charge is 1.81. The predicted molar refractivity (Wildman–Crippen MR) is 50.3 cm³/mol. The molecule has 48 valence electrons. The van der Waals surface area contributed by atoms with E-state index in [1.54, 1.807) is 0 Å². The molecular weight excluding hydrogens is 334 g/mol. The van der Waals surface area contributed by atoms with E-state index in [0.717, 1.165) is 6.08 Å². The van der Waals surface area contributed by atoms with Crippen LogP contribution in [0.15, 0.2) is 12.7 Å². The van der Waals surface area contributed by atoms with Crippen LogP contribution in [0.25, 0.3) is 0 Å². The molecule has 0 aromatic rings. The number of methoxy groups -OCH3 is 1. The van der Waals surface area contributed by atoms with Crippen molar-refractivity contribution < 1.29 is 9.53 Å². The van der Waals surface area contributed by atoms with Gasteiger partial charge >= 0.3 is 5.97 Å². The summed E-state index contributed by atoms with van der Waals surface area (Å²) in [6.45, 7) is 3.16. The van der Waals surface area contributed by atoms with E-state index in [1.807, 2.05) is 0 Å². The van der Waals surface area contributed by atoms with Crippen molar-refractivity contribution in [2.24, 2.45) is 0 Å². The van der Waals surface area contributed by atoms with Crippen LogP contribution >= 0.6 is 37.2 Å². The van der Waals surface area contributed by atoms with Gasteiger partial charge in [-0.1, -0.05) is 6.58 Å². The van der Waals surface area contributed by atoms with Crippen molar-refractivity contribution in [1.82, 2.24) is 0 Å². The van der Waals surface area contributed by atoms with E-state index in [2.05, 4.69) is 48.5 Å². The molecule has 0 heterocycles. The molecule has 4 heteroatoms. The van der Waals surface area contributed by atoms with Crippen molar-refractivity contribution >= 4 is 43.2 Å². The lowest BCUT2D eigenvalue weighted by Crippen LogP contribution is -1.91. The van der Waals surface area contributed by atoms with Crippen LogP contribution in [0.3, 0.4) is 0 Å². The Bertz CT molecular complexity index is 72.4. The molecular formula is C4H6I2O2. The average molecular weight is 340 g/mol. The third-order valence-corrected chi connectivity index (χ3v) is 0.368. The summed E-state index contributed by atoms with van der Waals surface area (Å²) in [7, 11) is 1.31. The van der Waals surface area contributed by atoms with Crippen molar-refractivity contribution in [2.75, 3.05) is 7.11 Å². The van der Waals surface area contributed by atoms with Gasteiger partial charge in [0, 0.05) is 43.3 Å². The van der Waals surface area contributed by atoms with E-state index >= 15 is 0 Å². The van der Waals surface area contributed by atoms with Crippen molar-refractivity contribution in [1.29, 1.82) is 0 Å². The first-order valence-electron chi connectivity index (χ1n) is 1.66. The monoisotopic (exact) mass is 340 g/mol. The Morgan fingerprint density at radius 2 is 2.12 bits per heavy atom. The maximum absolute atomic E-state index is 9.84. The number of carbonyl (C=O) groups is 1. The Morgan fingerprint density at radius 3 is 2.12 bits per heavy atom. The molecule has 0 radical (unpaired) electrons. The number of halogens is 2. The minimum atomic E-state index is -0.394. The van der Waals surface area contributed by atoms with E-state index in [0.29, 0.717) is 0 Å². The SMILES string of the molecule is C=CC(=O)OC.II. The van der Waals surface area contributed by atoms with Crippen LogP contribution in [0.5, 0.6) is 0 Å². The molecule has 0 rings (SSSR count). The van der Waals surface area contributed by atoms with E-state index in [1.165, 1.54) is 7.11 Å². The summed E-state index contributed by atoms with van der Waals surface area (Å²) >= 11 is 4.24. The molecule has 0 bridgehead atoms. The Labute approximate surface area is 72.0 Å². The third-order valence-electron chi connectivity index (χ3n) is 0.368. The zero-order valence-corrected chi connectivity index (χ0v) is 8.67. The van der Waals surface area contributed by atoms with Crippen molar-refractivity contribution in [3.8, 4) is 0 Å². The molecule has 0 saturated carbocycles. The number of rotatable bonds is 1. The van der Waals surface area contributed by atoms with Gasteiger partial charge in [-0.2, -0.15) is 0 Å². The van der Waals surface area contributed by atoms with Crippen LogP contribution in [-0.2, 0) is 9.53 Å². The molecule has 0 atom stereocenters. The van der Waals surface area contributed by atoms with Gasteiger partial charge in [-0.3, -0.25) is 0 Å². The van der Waals surface area contributed by atoms with Crippen LogP contribution < -0.4 is 0 Å². The number of esters is 1. The summed E-state index contributed by atoms with van der Waals surface area (Å²) in [4.78, 5) is 9.84. The van der Waals surface area contributed by atoms with Crippen LogP contribution in [0.1, 0.15) is 0 Å². The maximum Gasteiger partial charge on any atom is 0.329 e. The lowest BCUT2D eigenvalue weighted by molar-refractivity contribution is -0.134. The summed E-state index contributed by atoms with van der Waals surface area (Å²) in [6.07, 6.45) is 1.11. The van der Waals surface area contributed by atoms with Gasteiger partial charge in [0.15, 0.2) is 0 Å². The highest BCUT2D eigenvalue weighted by Crippen LogP contribution is 1.89. The first-order chi connectivity index (χ1) is 3.81. The van der Waals surface area contributed by atoms with Gasteiger partial charge in [0.05, 0.1) is 7.11 Å². The molecule has 0 unspecified atom stereocenters. The predicted octanol–water partition coefficient (Wildman–Crippen LogP) is 2.12.